The second-order valence-corrected chi connectivity index (χ2v) is 7.73. The minimum atomic E-state index is -0.947. The van der Waals surface area contributed by atoms with Gasteiger partial charge >= 0.3 is 11.9 Å². The fourth-order valence-corrected chi connectivity index (χ4v) is 3.54. The lowest BCUT2D eigenvalue weighted by atomic mass is 9.88. The summed E-state index contributed by atoms with van der Waals surface area (Å²) in [7, 11) is 1.39. The number of ether oxygens (including phenoxy) is 3. The van der Waals surface area contributed by atoms with Crippen LogP contribution < -0.4 is 14.8 Å². The van der Waals surface area contributed by atoms with Crippen LogP contribution in [0.5, 0.6) is 11.5 Å². The number of aryl methyl sites for hydroxylation is 1. The molecule has 33 heavy (non-hydrogen) atoms. The van der Waals surface area contributed by atoms with Crippen LogP contribution in [0.1, 0.15) is 68.1 Å². The van der Waals surface area contributed by atoms with Crippen molar-refractivity contribution in [3.8, 4) is 11.5 Å². The third kappa shape index (κ3) is 6.54. The topological polar surface area (TPSA) is 104 Å². The maximum atomic E-state index is 12.8. The summed E-state index contributed by atoms with van der Waals surface area (Å²) in [5.74, 6) is -1.68. The Balaban J connectivity index is 2.12. The normalized spacial score (nSPS) is 13.4. The molecule has 0 spiro atoms. The van der Waals surface area contributed by atoms with E-state index in [1.807, 2.05) is 45.0 Å². The van der Waals surface area contributed by atoms with Crippen molar-refractivity contribution in [3.05, 3.63) is 53.3 Å². The van der Waals surface area contributed by atoms with Crippen molar-refractivity contribution < 1.29 is 28.6 Å². The van der Waals surface area contributed by atoms with Gasteiger partial charge in [-0.15, -0.1) is 0 Å². The molecule has 0 saturated heterocycles. The zero-order chi connectivity index (χ0) is 24.5. The first kappa shape index (κ1) is 25.8. The second kappa shape index (κ2) is 12.0. The molecule has 8 heteroatoms. The zero-order valence-corrected chi connectivity index (χ0v) is 20.0. The standard InChI is InChI=1S/C25H32N2O6/c1-7-18(19-12-10-9-11-15(19)3)17(5)32-25(30)16(4)27-24(29)22-23(33-21(28)8-2)20(31-6)13-14-26-22/h9-14,16-18H,7-8H2,1-6H3,(H,27,29)/t16-,17-,18+/m0/s1. The molecule has 2 rings (SSSR count). The summed E-state index contributed by atoms with van der Waals surface area (Å²) < 4.78 is 16.1. The van der Waals surface area contributed by atoms with Crippen molar-refractivity contribution in [2.45, 2.75) is 65.5 Å². The molecule has 0 saturated carbocycles. The number of pyridine rings is 1. The van der Waals surface area contributed by atoms with E-state index in [9.17, 15) is 14.4 Å². The van der Waals surface area contributed by atoms with Gasteiger partial charge in [-0.25, -0.2) is 9.78 Å². The predicted octanol–water partition coefficient (Wildman–Crippen LogP) is 3.96. The van der Waals surface area contributed by atoms with E-state index in [-0.39, 0.29) is 35.6 Å². The van der Waals surface area contributed by atoms with Gasteiger partial charge in [0, 0.05) is 24.6 Å². The Labute approximate surface area is 194 Å². The SMILES string of the molecule is CCC(=O)Oc1c(OC)ccnc1C(=O)N[C@@H](C)C(=O)O[C@@H](C)[C@@H](CC)c1ccccc1C. The number of carbonyl (C=O) groups excluding carboxylic acids is 3. The van der Waals surface area contributed by atoms with E-state index < -0.39 is 23.9 Å². The monoisotopic (exact) mass is 456 g/mol. The van der Waals surface area contributed by atoms with Crippen LogP contribution in [0, 0.1) is 6.92 Å². The Morgan fingerprint density at radius 3 is 2.39 bits per heavy atom. The average Bonchev–Trinajstić information content (AvgIpc) is 2.80. The second-order valence-electron chi connectivity index (χ2n) is 7.73. The van der Waals surface area contributed by atoms with E-state index in [0.717, 1.165) is 17.5 Å². The number of amides is 1. The molecule has 2 aromatic rings. The van der Waals surface area contributed by atoms with Crippen LogP contribution in [0.25, 0.3) is 0 Å². The van der Waals surface area contributed by atoms with Crippen molar-refractivity contribution in [1.29, 1.82) is 0 Å². The van der Waals surface area contributed by atoms with Crippen molar-refractivity contribution in [1.82, 2.24) is 10.3 Å². The first-order valence-electron chi connectivity index (χ1n) is 11.0. The highest BCUT2D eigenvalue weighted by atomic mass is 16.6. The number of hydrogen-bond donors (Lipinski definition) is 1. The van der Waals surface area contributed by atoms with Crippen LogP contribution in [-0.4, -0.2) is 42.1 Å². The molecule has 1 amide bonds. The van der Waals surface area contributed by atoms with Crippen molar-refractivity contribution in [3.63, 3.8) is 0 Å². The molecule has 0 fully saturated rings. The highest BCUT2D eigenvalue weighted by Gasteiger charge is 2.28. The van der Waals surface area contributed by atoms with Crippen LogP contribution in [0.4, 0.5) is 0 Å². The van der Waals surface area contributed by atoms with E-state index in [2.05, 4.69) is 10.3 Å². The molecular formula is C25H32N2O6. The molecular weight excluding hydrogens is 424 g/mol. The fourth-order valence-electron chi connectivity index (χ4n) is 3.54. The van der Waals surface area contributed by atoms with E-state index in [1.165, 1.54) is 26.3 Å². The minimum absolute atomic E-state index is 0.0261. The van der Waals surface area contributed by atoms with Crippen molar-refractivity contribution in [2.75, 3.05) is 7.11 Å². The highest BCUT2D eigenvalue weighted by molar-refractivity contribution is 5.98. The summed E-state index contributed by atoms with van der Waals surface area (Å²) in [5.41, 5.74) is 2.10. The first-order chi connectivity index (χ1) is 15.7. The molecule has 1 aromatic carbocycles. The van der Waals surface area contributed by atoms with Crippen molar-refractivity contribution >= 4 is 17.8 Å². The van der Waals surface area contributed by atoms with E-state index in [0.29, 0.717) is 0 Å². The number of hydrogen-bond acceptors (Lipinski definition) is 7. The molecule has 0 aliphatic heterocycles. The molecule has 0 aliphatic rings. The molecule has 8 nitrogen and oxygen atoms in total. The summed E-state index contributed by atoms with van der Waals surface area (Å²) in [6, 6.07) is 8.53. The molecule has 178 valence electrons. The van der Waals surface area contributed by atoms with Crippen LogP contribution in [0.15, 0.2) is 36.5 Å². The molecule has 0 radical (unpaired) electrons. The summed E-state index contributed by atoms with van der Waals surface area (Å²) >= 11 is 0. The number of nitrogens with zero attached hydrogens (tertiary/aromatic N) is 1. The number of aromatic nitrogens is 1. The van der Waals surface area contributed by atoms with E-state index in [1.54, 1.807) is 6.92 Å². The number of methoxy groups -OCH3 is 1. The van der Waals surface area contributed by atoms with Gasteiger partial charge in [-0.3, -0.25) is 9.59 Å². The summed E-state index contributed by atoms with van der Waals surface area (Å²) in [6.45, 7) is 9.07. The van der Waals surface area contributed by atoms with Gasteiger partial charge in [0.25, 0.3) is 5.91 Å². The van der Waals surface area contributed by atoms with Crippen LogP contribution in [0.3, 0.4) is 0 Å². The molecule has 0 aliphatic carbocycles. The van der Waals surface area contributed by atoms with Gasteiger partial charge in [-0.05, 0) is 38.3 Å². The van der Waals surface area contributed by atoms with Crippen LogP contribution in [0.2, 0.25) is 0 Å². The van der Waals surface area contributed by atoms with Gasteiger partial charge in [0.1, 0.15) is 12.1 Å². The molecule has 1 N–H and O–H groups in total. The molecule has 3 atom stereocenters. The zero-order valence-electron chi connectivity index (χ0n) is 20.0. The quantitative estimate of drug-likeness (QED) is 0.540. The Hall–Kier alpha value is -3.42. The smallest absolute Gasteiger partial charge is 0.328 e. The largest absolute Gasteiger partial charge is 0.493 e. The van der Waals surface area contributed by atoms with Gasteiger partial charge in [-0.1, -0.05) is 38.1 Å². The average molecular weight is 457 g/mol. The molecule has 0 bridgehead atoms. The predicted molar refractivity (Wildman–Crippen MR) is 123 cm³/mol. The highest BCUT2D eigenvalue weighted by Crippen LogP contribution is 2.30. The third-order valence-corrected chi connectivity index (χ3v) is 5.41. The Morgan fingerprint density at radius 2 is 1.79 bits per heavy atom. The van der Waals surface area contributed by atoms with Gasteiger partial charge in [0.15, 0.2) is 11.4 Å². The van der Waals surface area contributed by atoms with Gasteiger partial charge < -0.3 is 19.5 Å². The molecule has 1 heterocycles. The lowest BCUT2D eigenvalue weighted by molar-refractivity contribution is -0.151. The number of carbonyl (C=O) groups is 3. The van der Waals surface area contributed by atoms with Gasteiger partial charge in [0.2, 0.25) is 5.75 Å². The summed E-state index contributed by atoms with van der Waals surface area (Å²) in [5, 5.41) is 2.57. The van der Waals surface area contributed by atoms with E-state index >= 15 is 0 Å². The Bertz CT molecular complexity index is 991. The number of benzene rings is 1. The maximum Gasteiger partial charge on any atom is 0.328 e. The van der Waals surface area contributed by atoms with Gasteiger partial charge in [0.05, 0.1) is 7.11 Å². The van der Waals surface area contributed by atoms with Crippen molar-refractivity contribution in [2.24, 2.45) is 0 Å². The number of rotatable bonds is 10. The number of esters is 2. The minimum Gasteiger partial charge on any atom is -0.493 e. The Kier molecular flexibility index (Phi) is 9.39. The molecule has 1 aromatic heterocycles. The summed E-state index contributed by atoms with van der Waals surface area (Å²) in [4.78, 5) is 41.4. The lowest BCUT2D eigenvalue weighted by Gasteiger charge is -2.26. The first-order valence-corrected chi connectivity index (χ1v) is 11.0. The lowest BCUT2D eigenvalue weighted by Crippen LogP contribution is -2.41. The maximum absolute atomic E-state index is 12.8. The van der Waals surface area contributed by atoms with E-state index in [4.69, 9.17) is 14.2 Å². The van der Waals surface area contributed by atoms with Gasteiger partial charge in [-0.2, -0.15) is 0 Å². The van der Waals surface area contributed by atoms with Crippen LogP contribution in [-0.2, 0) is 14.3 Å². The van der Waals surface area contributed by atoms with Crippen LogP contribution >= 0.6 is 0 Å². The summed E-state index contributed by atoms with van der Waals surface area (Å²) in [6.07, 6.45) is 1.87. The Morgan fingerprint density at radius 1 is 1.09 bits per heavy atom. The third-order valence-electron chi connectivity index (χ3n) is 5.41. The molecule has 0 unspecified atom stereocenters. The number of nitrogens with one attached hydrogen (secondary N) is 1. The fraction of sp³-hybridized carbons (Fsp3) is 0.440.